The van der Waals surface area contributed by atoms with Crippen molar-refractivity contribution >= 4 is 66.0 Å². The molecule has 0 fully saturated rings. The summed E-state index contributed by atoms with van der Waals surface area (Å²) in [6.45, 7) is 11.7. The van der Waals surface area contributed by atoms with Crippen LogP contribution in [0.25, 0.3) is 0 Å². The van der Waals surface area contributed by atoms with Crippen LogP contribution in [0.5, 0.6) is 0 Å². The second kappa shape index (κ2) is 33.8. The molecule has 0 spiro atoms. The quantitative estimate of drug-likeness (QED) is 0.0199. The summed E-state index contributed by atoms with van der Waals surface area (Å²) in [5, 5.41) is 24.1. The highest BCUT2D eigenvalue weighted by Gasteiger charge is 2.39. The molecule has 0 heterocycles. The van der Waals surface area contributed by atoms with E-state index in [0.717, 1.165) is 0 Å². The molecule has 0 aromatic carbocycles. The fourth-order valence-electron chi connectivity index (χ4n) is 5.15. The number of rotatable bonds is 38. The molecule has 386 valence electrons. The van der Waals surface area contributed by atoms with Gasteiger partial charge in [0.15, 0.2) is 0 Å². The average Bonchev–Trinajstić information content (AvgIpc) is 3.24. The Bertz CT molecular complexity index is 1580. The van der Waals surface area contributed by atoms with Gasteiger partial charge in [0.05, 0.1) is 66.1 Å². The Morgan fingerprint density at radius 1 is 0.493 bits per heavy atom. The van der Waals surface area contributed by atoms with Crippen LogP contribution in [0.15, 0.2) is 0 Å². The number of carboxylic acids is 1. The summed E-state index contributed by atoms with van der Waals surface area (Å²) in [5.41, 5.74) is -5.12. The van der Waals surface area contributed by atoms with Gasteiger partial charge < -0.3 is 74.9 Å². The maximum Gasteiger partial charge on any atom is 0.325 e. The third-order valence-corrected chi connectivity index (χ3v) is 9.41. The molecule has 67 heavy (non-hydrogen) atoms. The molecule has 0 aliphatic heterocycles. The predicted octanol–water partition coefficient (Wildman–Crippen LogP) is -1.44. The van der Waals surface area contributed by atoms with E-state index in [1.54, 1.807) is 14.2 Å². The molecule has 25 heteroatoms. The molecule has 0 bridgehead atoms. The monoisotopic (exact) mass is 982 g/mol. The molecule has 0 radical (unpaired) electrons. The molecule has 0 saturated heterocycles. The van der Waals surface area contributed by atoms with E-state index in [-0.39, 0.29) is 77.7 Å². The Labute approximate surface area is 397 Å². The van der Waals surface area contributed by atoms with E-state index < -0.39 is 94.5 Å². The molecule has 0 aliphatic carbocycles. The Hall–Kier alpha value is -4.66. The van der Waals surface area contributed by atoms with E-state index in [2.05, 4.69) is 44.5 Å². The van der Waals surface area contributed by atoms with Crippen molar-refractivity contribution in [1.82, 2.24) is 31.9 Å². The van der Waals surface area contributed by atoms with E-state index >= 15 is 0 Å². The molecule has 0 rings (SSSR count). The number of methoxy groups -OCH3 is 2. The predicted molar refractivity (Wildman–Crippen MR) is 242 cm³/mol. The van der Waals surface area contributed by atoms with Crippen molar-refractivity contribution in [2.75, 3.05) is 99.3 Å². The highest BCUT2D eigenvalue weighted by molar-refractivity contribution is 7.80. The van der Waals surface area contributed by atoms with Crippen LogP contribution in [0.4, 0.5) is 0 Å². The van der Waals surface area contributed by atoms with Crippen molar-refractivity contribution < 1.29 is 86.2 Å². The fraction of sp³-hybridized carbons (Fsp3) is 0.786. The normalized spacial score (nSPS) is 13.0. The van der Waals surface area contributed by atoms with Gasteiger partial charge in [0, 0.05) is 33.5 Å². The second-order valence-electron chi connectivity index (χ2n) is 16.4. The highest BCUT2D eigenvalue weighted by Crippen LogP contribution is 2.13. The summed E-state index contributed by atoms with van der Waals surface area (Å²) in [6.07, 6.45) is -1.46. The topological polar surface area (TPSA) is 320 Å². The van der Waals surface area contributed by atoms with E-state index in [4.69, 9.17) is 37.9 Å². The van der Waals surface area contributed by atoms with Crippen molar-refractivity contribution in [3.8, 4) is 0 Å². The molecular weight excluding hydrogens is 909 g/mol. The van der Waals surface area contributed by atoms with Gasteiger partial charge in [0.25, 0.3) is 0 Å². The van der Waals surface area contributed by atoms with Crippen LogP contribution in [-0.2, 0) is 81.0 Å². The van der Waals surface area contributed by atoms with Crippen molar-refractivity contribution in [2.24, 2.45) is 0 Å². The zero-order valence-electron chi connectivity index (χ0n) is 40.3. The molecule has 7 N–H and O–H groups in total. The summed E-state index contributed by atoms with van der Waals surface area (Å²) in [6, 6.07) is -4.31. The number of hydrogen-bond acceptors (Lipinski definition) is 18. The molecule has 0 aromatic rings. The maximum absolute atomic E-state index is 13.9. The van der Waals surface area contributed by atoms with Crippen molar-refractivity contribution in [1.29, 1.82) is 0 Å². The first kappa shape index (κ1) is 62.3. The van der Waals surface area contributed by atoms with Gasteiger partial charge in [-0.3, -0.25) is 43.2 Å². The zero-order valence-corrected chi connectivity index (χ0v) is 41.2. The molecule has 0 aliphatic rings. The molecule has 3 atom stereocenters. The summed E-state index contributed by atoms with van der Waals surface area (Å²) >= 11 is 4.03. The van der Waals surface area contributed by atoms with Crippen LogP contribution >= 0.6 is 12.6 Å². The number of esters is 2. The third kappa shape index (κ3) is 28.3. The van der Waals surface area contributed by atoms with Crippen LogP contribution in [0.3, 0.4) is 0 Å². The first-order valence-corrected chi connectivity index (χ1v) is 22.4. The Morgan fingerprint density at radius 2 is 0.821 bits per heavy atom. The Balaban J connectivity index is 6.11. The minimum absolute atomic E-state index is 0.000267. The van der Waals surface area contributed by atoms with Crippen LogP contribution in [0, 0.1) is 0 Å². The number of amides is 6. The Kier molecular flexibility index (Phi) is 31.4. The lowest BCUT2D eigenvalue weighted by atomic mass is 9.98. The van der Waals surface area contributed by atoms with Gasteiger partial charge in [-0.05, 0) is 67.1 Å². The number of carboxylic acid groups (broad SMARTS) is 1. The Morgan fingerprint density at radius 3 is 1.16 bits per heavy atom. The molecular formula is C42H74N6O18S. The van der Waals surface area contributed by atoms with Gasteiger partial charge >= 0.3 is 17.9 Å². The summed E-state index contributed by atoms with van der Waals surface area (Å²) < 4.78 is 41.5. The number of nitrogens with one attached hydrogen (secondary N) is 6. The van der Waals surface area contributed by atoms with Crippen LogP contribution in [0.1, 0.15) is 80.6 Å². The van der Waals surface area contributed by atoms with Gasteiger partial charge in [0.2, 0.25) is 35.4 Å². The third-order valence-electron chi connectivity index (χ3n) is 9.19. The van der Waals surface area contributed by atoms with Crippen molar-refractivity contribution in [3.63, 3.8) is 0 Å². The maximum atomic E-state index is 13.9. The largest absolute Gasteiger partial charge is 0.480 e. The van der Waals surface area contributed by atoms with E-state index in [9.17, 15) is 48.3 Å². The number of hydrogen-bond donors (Lipinski definition) is 8. The van der Waals surface area contributed by atoms with Gasteiger partial charge in [0.1, 0.15) is 48.0 Å². The molecule has 0 unspecified atom stereocenters. The lowest BCUT2D eigenvalue weighted by Gasteiger charge is -2.32. The van der Waals surface area contributed by atoms with Gasteiger partial charge in [-0.25, -0.2) is 0 Å². The van der Waals surface area contributed by atoms with Gasteiger partial charge in [-0.15, -0.1) is 0 Å². The van der Waals surface area contributed by atoms with Crippen LogP contribution in [-0.4, -0.2) is 192 Å². The zero-order chi connectivity index (χ0) is 51.1. The second-order valence-corrected chi connectivity index (χ2v) is 16.9. The fourth-order valence-corrected chi connectivity index (χ4v) is 5.36. The number of thiol groups is 1. The minimum atomic E-state index is -1.85. The lowest BCUT2D eigenvalue weighted by molar-refractivity contribution is -0.146. The molecule has 6 amide bonds. The summed E-state index contributed by atoms with van der Waals surface area (Å²) in [5.74, 6) is -7.62. The highest BCUT2D eigenvalue weighted by atomic mass is 32.1. The van der Waals surface area contributed by atoms with Gasteiger partial charge in [-0.1, -0.05) is 0 Å². The average molecular weight is 983 g/mol. The summed E-state index contributed by atoms with van der Waals surface area (Å²) in [4.78, 5) is 117. The number of aliphatic carboxylic acids is 1. The SMILES string of the molecule is COCCOCCOCCOC(=O)CC[C@H](NC(=O)C(C)(C)NC(=O)CCS)C(=O)NC(C)(C)C(=O)N[C@@H](CCC(=O)OCCOCCOCCOC)C(=O)NC(C)(C)C(=O)N[C@@H](C)C(=O)O. The standard InChI is InChI=1S/C42H74N6O18S/c1-28(36(54)55)43-37(56)41(4,5)47-34(52)30(11-13-33(51)66-26-24-64-22-20-62-18-16-60-9)45-39(58)42(6,7)48-35(53)29(44-38(57)40(2,3)46-31(49)14-27-67)10-12-32(50)65-25-23-63-21-19-61-17-15-59-8/h28-30,67H,10-27H2,1-9H3,(H,43,56)(H,44,57)(H,45,58)(H,46,49)(H,47,52)(H,48,53)(H,54,55)/t28-,29-,30-/m0/s1. The first-order valence-electron chi connectivity index (χ1n) is 21.8. The van der Waals surface area contributed by atoms with Crippen molar-refractivity contribution in [2.45, 2.75) is 115 Å². The van der Waals surface area contributed by atoms with Crippen LogP contribution in [0.2, 0.25) is 0 Å². The number of ether oxygens (including phenoxy) is 8. The van der Waals surface area contributed by atoms with Crippen molar-refractivity contribution in [3.05, 3.63) is 0 Å². The minimum Gasteiger partial charge on any atom is -0.480 e. The molecule has 0 saturated carbocycles. The van der Waals surface area contributed by atoms with E-state index in [0.29, 0.717) is 33.0 Å². The van der Waals surface area contributed by atoms with E-state index in [1.165, 1.54) is 48.5 Å². The number of carbonyl (C=O) groups excluding carboxylic acids is 8. The van der Waals surface area contributed by atoms with Gasteiger partial charge in [-0.2, -0.15) is 12.6 Å². The smallest absolute Gasteiger partial charge is 0.325 e. The summed E-state index contributed by atoms with van der Waals surface area (Å²) in [7, 11) is 3.09. The first-order chi connectivity index (χ1) is 31.4. The van der Waals surface area contributed by atoms with E-state index in [1.807, 2.05) is 0 Å². The number of carbonyl (C=O) groups is 9. The molecule has 0 aromatic heterocycles. The molecule has 24 nitrogen and oxygen atoms in total. The lowest BCUT2D eigenvalue weighted by Crippen LogP contribution is -2.64. The van der Waals surface area contributed by atoms with Crippen LogP contribution < -0.4 is 31.9 Å².